The minimum Gasteiger partial charge on any atom is -0.396 e. The Hall–Kier alpha value is -0.890. The van der Waals surface area contributed by atoms with E-state index in [2.05, 4.69) is 40.7 Å². The summed E-state index contributed by atoms with van der Waals surface area (Å²) in [6.07, 6.45) is 12.0. The molecule has 0 saturated carbocycles. The summed E-state index contributed by atoms with van der Waals surface area (Å²) >= 11 is 0. The highest BCUT2D eigenvalue weighted by Crippen LogP contribution is 2.54. The van der Waals surface area contributed by atoms with E-state index in [1.807, 2.05) is 6.08 Å². The van der Waals surface area contributed by atoms with E-state index in [0.29, 0.717) is 17.1 Å². The average molecular weight is 335 g/mol. The first-order chi connectivity index (χ1) is 11.2. The van der Waals surface area contributed by atoms with Gasteiger partial charge in [-0.2, -0.15) is 0 Å². The van der Waals surface area contributed by atoms with Crippen molar-refractivity contribution in [2.45, 2.75) is 86.5 Å². The molecule has 0 fully saturated rings. The van der Waals surface area contributed by atoms with Crippen molar-refractivity contribution in [1.29, 1.82) is 0 Å². The third-order valence-corrected chi connectivity index (χ3v) is 6.23. The zero-order valence-corrected chi connectivity index (χ0v) is 16.7. The molecule has 0 aromatic rings. The number of hydrogen-bond donors (Lipinski definition) is 1. The van der Waals surface area contributed by atoms with Gasteiger partial charge in [-0.15, -0.1) is 0 Å². The Morgan fingerprint density at radius 1 is 1.21 bits per heavy atom. The molecule has 0 aromatic heterocycles. The lowest BCUT2D eigenvalue weighted by atomic mass is 9.55. The Kier molecular flexibility index (Phi) is 7.92. The van der Waals surface area contributed by atoms with Crippen LogP contribution in [0.15, 0.2) is 23.3 Å². The van der Waals surface area contributed by atoms with Crippen molar-refractivity contribution in [3.8, 4) is 0 Å². The van der Waals surface area contributed by atoms with Gasteiger partial charge in [-0.25, -0.2) is 0 Å². The maximum Gasteiger partial charge on any atom is 0.136 e. The molecule has 0 spiro atoms. The summed E-state index contributed by atoms with van der Waals surface area (Å²) in [4.78, 5) is 12.0. The molecule has 2 aliphatic carbocycles. The van der Waals surface area contributed by atoms with E-state index in [9.17, 15) is 4.79 Å². The van der Waals surface area contributed by atoms with E-state index in [1.165, 1.54) is 19.3 Å². The lowest BCUT2D eigenvalue weighted by Crippen LogP contribution is -2.42. The maximum atomic E-state index is 12.0. The second-order valence-electron chi connectivity index (χ2n) is 8.34. The van der Waals surface area contributed by atoms with Crippen molar-refractivity contribution in [1.82, 2.24) is 0 Å². The van der Waals surface area contributed by atoms with Gasteiger partial charge in [0.25, 0.3) is 0 Å². The molecule has 2 heteroatoms. The summed E-state index contributed by atoms with van der Waals surface area (Å²) in [6.45, 7) is 13.3. The Bertz CT molecular complexity index is 484. The lowest BCUT2D eigenvalue weighted by molar-refractivity contribution is -0.128. The van der Waals surface area contributed by atoms with Gasteiger partial charge in [0.2, 0.25) is 0 Å². The molecule has 2 rings (SSSR count). The molecule has 2 nitrogen and oxygen atoms in total. The number of aliphatic hydroxyl groups is 1. The van der Waals surface area contributed by atoms with Gasteiger partial charge in [-0.3, -0.25) is 4.79 Å². The Balaban J connectivity index is 0.000000351. The van der Waals surface area contributed by atoms with Gasteiger partial charge in [0, 0.05) is 12.0 Å². The molecular formula is C22H38O2. The zero-order valence-electron chi connectivity index (χ0n) is 16.7. The molecule has 1 N–H and O–H groups in total. The van der Waals surface area contributed by atoms with Crippen LogP contribution in [0.4, 0.5) is 0 Å². The fourth-order valence-corrected chi connectivity index (χ4v) is 4.43. The lowest BCUT2D eigenvalue weighted by Gasteiger charge is -2.48. The normalized spacial score (nSPS) is 29.0. The predicted molar refractivity (Wildman–Crippen MR) is 103 cm³/mol. The van der Waals surface area contributed by atoms with Crippen molar-refractivity contribution in [2.24, 2.45) is 16.7 Å². The molecule has 0 aliphatic heterocycles. The number of aliphatic hydroxyl groups excluding tert-OH is 1. The molecule has 2 aliphatic rings. The molecule has 0 heterocycles. The molecular weight excluding hydrogens is 296 g/mol. The second kappa shape index (κ2) is 8.99. The number of carbonyl (C=O) groups is 1. The predicted octanol–water partition coefficient (Wildman–Crippen LogP) is 5.85. The van der Waals surface area contributed by atoms with Crippen molar-refractivity contribution in [2.75, 3.05) is 6.61 Å². The van der Waals surface area contributed by atoms with Crippen LogP contribution in [-0.4, -0.2) is 17.5 Å². The van der Waals surface area contributed by atoms with Crippen LogP contribution in [0.5, 0.6) is 0 Å². The molecule has 0 saturated heterocycles. The summed E-state index contributed by atoms with van der Waals surface area (Å²) in [5.41, 5.74) is 3.48. The largest absolute Gasteiger partial charge is 0.396 e. The first-order valence-electron chi connectivity index (χ1n) is 9.70. The van der Waals surface area contributed by atoms with Gasteiger partial charge in [-0.05, 0) is 63.2 Å². The SMILES string of the molecule is CC(=O)C1(C)CCC2=C(C1C)C(C)(C)CCC2.CC/C=C\CCO. The van der Waals surface area contributed by atoms with Gasteiger partial charge < -0.3 is 5.11 Å². The first-order valence-corrected chi connectivity index (χ1v) is 9.70. The number of allylic oxidation sites excluding steroid dienone is 3. The van der Waals surface area contributed by atoms with E-state index >= 15 is 0 Å². The number of carbonyl (C=O) groups excluding carboxylic acids is 1. The zero-order chi connectivity index (χ0) is 18.4. The standard InChI is InChI=1S/C16H26O.C6H12O/c1-11-14-13(7-6-9-15(14,3)4)8-10-16(11,5)12(2)17;1-2-3-4-5-6-7/h11H,6-10H2,1-5H3;3-4,7H,2,5-6H2,1H3/b;4-3-. The quantitative estimate of drug-likeness (QED) is 0.654. The first kappa shape index (κ1) is 21.2. The molecule has 138 valence electrons. The van der Waals surface area contributed by atoms with Crippen LogP contribution in [0.3, 0.4) is 0 Å². The van der Waals surface area contributed by atoms with Crippen LogP contribution >= 0.6 is 0 Å². The highest BCUT2D eigenvalue weighted by molar-refractivity contribution is 5.83. The van der Waals surface area contributed by atoms with Crippen LogP contribution in [0.25, 0.3) is 0 Å². The average Bonchev–Trinajstić information content (AvgIpc) is 2.51. The van der Waals surface area contributed by atoms with Crippen molar-refractivity contribution in [3.63, 3.8) is 0 Å². The highest BCUT2D eigenvalue weighted by atomic mass is 16.2. The van der Waals surface area contributed by atoms with Gasteiger partial charge in [-0.1, -0.05) is 57.9 Å². The number of ketones is 1. The number of Topliss-reactive ketones (excluding diaryl/α,β-unsaturated/α-hetero) is 1. The number of hydrogen-bond acceptors (Lipinski definition) is 2. The Morgan fingerprint density at radius 3 is 2.42 bits per heavy atom. The molecule has 2 atom stereocenters. The molecule has 2 unspecified atom stereocenters. The van der Waals surface area contributed by atoms with Gasteiger partial charge in [0.15, 0.2) is 0 Å². The highest BCUT2D eigenvalue weighted by Gasteiger charge is 2.46. The van der Waals surface area contributed by atoms with E-state index in [0.717, 1.165) is 25.7 Å². The van der Waals surface area contributed by atoms with E-state index < -0.39 is 0 Å². The molecule has 0 aromatic carbocycles. The minimum absolute atomic E-state index is 0.118. The summed E-state index contributed by atoms with van der Waals surface area (Å²) in [6, 6.07) is 0. The van der Waals surface area contributed by atoms with Crippen LogP contribution < -0.4 is 0 Å². The second-order valence-corrected chi connectivity index (χ2v) is 8.34. The van der Waals surface area contributed by atoms with Crippen molar-refractivity contribution in [3.05, 3.63) is 23.3 Å². The number of rotatable bonds is 4. The van der Waals surface area contributed by atoms with Crippen molar-refractivity contribution < 1.29 is 9.90 Å². The van der Waals surface area contributed by atoms with Gasteiger partial charge in [0.1, 0.15) is 5.78 Å². The fourth-order valence-electron chi connectivity index (χ4n) is 4.43. The smallest absolute Gasteiger partial charge is 0.136 e. The Labute approximate surface area is 149 Å². The molecule has 0 amide bonds. The van der Waals surface area contributed by atoms with Crippen LogP contribution in [0.2, 0.25) is 0 Å². The summed E-state index contributed by atoms with van der Waals surface area (Å²) in [5.74, 6) is 0.803. The third kappa shape index (κ3) is 4.81. The summed E-state index contributed by atoms with van der Waals surface area (Å²) < 4.78 is 0. The van der Waals surface area contributed by atoms with E-state index in [1.54, 1.807) is 18.1 Å². The van der Waals surface area contributed by atoms with Crippen LogP contribution in [-0.2, 0) is 4.79 Å². The molecule has 24 heavy (non-hydrogen) atoms. The van der Waals surface area contributed by atoms with Gasteiger partial charge >= 0.3 is 0 Å². The minimum atomic E-state index is -0.118. The van der Waals surface area contributed by atoms with Crippen LogP contribution in [0, 0.1) is 16.7 Å². The van der Waals surface area contributed by atoms with E-state index in [-0.39, 0.29) is 12.0 Å². The molecule has 0 bridgehead atoms. The topological polar surface area (TPSA) is 37.3 Å². The van der Waals surface area contributed by atoms with Crippen LogP contribution in [0.1, 0.15) is 86.5 Å². The van der Waals surface area contributed by atoms with E-state index in [4.69, 9.17) is 5.11 Å². The third-order valence-electron chi connectivity index (χ3n) is 6.23. The summed E-state index contributed by atoms with van der Waals surface area (Å²) in [5, 5.41) is 8.24. The van der Waals surface area contributed by atoms with Crippen molar-refractivity contribution >= 4 is 5.78 Å². The summed E-state index contributed by atoms with van der Waals surface area (Å²) in [7, 11) is 0. The fraction of sp³-hybridized carbons (Fsp3) is 0.773. The molecule has 0 radical (unpaired) electrons. The Morgan fingerprint density at radius 2 is 1.88 bits per heavy atom. The maximum absolute atomic E-state index is 12.0. The van der Waals surface area contributed by atoms with Gasteiger partial charge in [0.05, 0.1) is 0 Å². The monoisotopic (exact) mass is 334 g/mol.